The molecule has 0 radical (unpaired) electrons. The van der Waals surface area contributed by atoms with Gasteiger partial charge >= 0.3 is 0 Å². The standard InChI is InChI=1S/C24H26IN3O2S/c1-3-28-23(29)22(16-17-7-12-21(30-2)20(25)15-17)31-24(28)26-18-8-10-19(11-9-18)27-13-5-4-6-14-27/h7-12,15-16H,3-6,13-14H2,1-2H3/b22-16-,26-24?. The lowest BCUT2D eigenvalue weighted by atomic mass is 10.1. The number of thioether (sulfide) groups is 1. The molecule has 0 unspecified atom stereocenters. The first-order valence-corrected chi connectivity index (χ1v) is 12.5. The third-order valence-corrected chi connectivity index (χ3v) is 7.32. The van der Waals surface area contributed by atoms with Gasteiger partial charge in [0.15, 0.2) is 5.17 Å². The third kappa shape index (κ3) is 5.09. The molecule has 0 atom stereocenters. The van der Waals surface area contributed by atoms with Gasteiger partial charge in [0.2, 0.25) is 0 Å². The number of methoxy groups -OCH3 is 1. The van der Waals surface area contributed by atoms with E-state index in [-0.39, 0.29) is 5.91 Å². The maximum absolute atomic E-state index is 12.9. The smallest absolute Gasteiger partial charge is 0.266 e. The number of likely N-dealkylation sites (N-methyl/N-ethyl adjacent to an activating group) is 1. The van der Waals surface area contributed by atoms with Crippen molar-refractivity contribution in [2.45, 2.75) is 26.2 Å². The molecule has 7 heteroatoms. The summed E-state index contributed by atoms with van der Waals surface area (Å²) in [6.45, 7) is 4.82. The highest BCUT2D eigenvalue weighted by atomic mass is 127. The number of rotatable bonds is 5. The minimum atomic E-state index is 0.00186. The largest absolute Gasteiger partial charge is 0.496 e. The summed E-state index contributed by atoms with van der Waals surface area (Å²) in [7, 11) is 1.66. The van der Waals surface area contributed by atoms with E-state index >= 15 is 0 Å². The first-order valence-electron chi connectivity index (χ1n) is 10.6. The Balaban J connectivity index is 1.55. The van der Waals surface area contributed by atoms with Crippen molar-refractivity contribution >= 4 is 62.9 Å². The van der Waals surface area contributed by atoms with Gasteiger partial charge in [0, 0.05) is 25.3 Å². The molecule has 0 saturated carbocycles. The number of halogens is 1. The summed E-state index contributed by atoms with van der Waals surface area (Å²) in [4.78, 5) is 22.6. The molecule has 0 aliphatic carbocycles. The van der Waals surface area contributed by atoms with Crippen LogP contribution in [0.3, 0.4) is 0 Å². The summed E-state index contributed by atoms with van der Waals surface area (Å²) in [5.41, 5.74) is 3.10. The first kappa shape index (κ1) is 22.2. The number of amidine groups is 1. The van der Waals surface area contributed by atoms with Crippen molar-refractivity contribution in [1.82, 2.24) is 4.90 Å². The number of aliphatic imine (C=N–C) groups is 1. The van der Waals surface area contributed by atoms with Crippen molar-refractivity contribution in [3.63, 3.8) is 0 Å². The van der Waals surface area contributed by atoms with E-state index in [1.54, 1.807) is 12.0 Å². The molecule has 2 heterocycles. The fourth-order valence-electron chi connectivity index (χ4n) is 3.79. The van der Waals surface area contributed by atoms with Crippen molar-refractivity contribution < 1.29 is 9.53 Å². The van der Waals surface area contributed by atoms with Crippen LogP contribution in [0.2, 0.25) is 0 Å². The number of benzene rings is 2. The molecule has 0 aromatic heterocycles. The van der Waals surface area contributed by atoms with Gasteiger partial charge in [0.05, 0.1) is 21.3 Å². The van der Waals surface area contributed by atoms with Gasteiger partial charge < -0.3 is 9.64 Å². The number of hydrogen-bond acceptors (Lipinski definition) is 5. The lowest BCUT2D eigenvalue weighted by Gasteiger charge is -2.28. The Morgan fingerprint density at radius 1 is 1.13 bits per heavy atom. The van der Waals surface area contributed by atoms with Crippen LogP contribution < -0.4 is 9.64 Å². The molecule has 5 nitrogen and oxygen atoms in total. The highest BCUT2D eigenvalue weighted by molar-refractivity contribution is 14.1. The van der Waals surface area contributed by atoms with Gasteiger partial charge in [0.25, 0.3) is 5.91 Å². The van der Waals surface area contributed by atoms with Crippen LogP contribution in [0.1, 0.15) is 31.7 Å². The van der Waals surface area contributed by atoms with Gasteiger partial charge in [-0.25, -0.2) is 4.99 Å². The maximum Gasteiger partial charge on any atom is 0.266 e. The van der Waals surface area contributed by atoms with E-state index in [1.165, 1.54) is 36.7 Å². The average molecular weight is 547 g/mol. The monoisotopic (exact) mass is 547 g/mol. The van der Waals surface area contributed by atoms with E-state index < -0.39 is 0 Å². The Bertz CT molecular complexity index is 1010. The number of anilines is 1. The number of hydrogen-bond donors (Lipinski definition) is 0. The summed E-state index contributed by atoms with van der Waals surface area (Å²) in [5, 5.41) is 0.729. The summed E-state index contributed by atoms with van der Waals surface area (Å²) in [6, 6.07) is 14.3. The van der Waals surface area contributed by atoms with Crippen molar-refractivity contribution in [3.05, 3.63) is 56.5 Å². The second-order valence-corrected chi connectivity index (χ2v) is 9.68. The molecule has 31 heavy (non-hydrogen) atoms. The van der Waals surface area contributed by atoms with Crippen molar-refractivity contribution in [2.24, 2.45) is 4.99 Å². The Hall–Kier alpha value is -2.00. The van der Waals surface area contributed by atoms with E-state index in [4.69, 9.17) is 9.73 Å². The molecule has 2 saturated heterocycles. The molecule has 2 aliphatic rings. The SMILES string of the molecule is CCN1C(=O)/C(=C/c2ccc(OC)c(I)c2)SC1=Nc1ccc(N2CCCCC2)cc1. The van der Waals surface area contributed by atoms with Crippen molar-refractivity contribution in [1.29, 1.82) is 0 Å². The minimum absolute atomic E-state index is 0.00186. The highest BCUT2D eigenvalue weighted by Gasteiger charge is 2.32. The Kier molecular flexibility index (Phi) is 7.22. The highest BCUT2D eigenvalue weighted by Crippen LogP contribution is 2.35. The van der Waals surface area contributed by atoms with Gasteiger partial charge in [-0.15, -0.1) is 0 Å². The molecule has 162 valence electrons. The molecule has 1 amide bonds. The normalized spacial score (nSPS) is 19.5. The molecule has 2 aliphatic heterocycles. The van der Waals surface area contributed by atoms with Gasteiger partial charge in [-0.1, -0.05) is 6.07 Å². The van der Waals surface area contributed by atoms with E-state index in [2.05, 4.69) is 39.6 Å². The summed E-state index contributed by atoms with van der Waals surface area (Å²) >= 11 is 3.68. The Morgan fingerprint density at radius 3 is 2.52 bits per heavy atom. The quantitative estimate of drug-likeness (QED) is 0.345. The number of carbonyl (C=O) groups excluding carboxylic acids is 1. The fraction of sp³-hybridized carbons (Fsp3) is 0.333. The van der Waals surface area contributed by atoms with Crippen LogP contribution in [-0.2, 0) is 4.79 Å². The number of nitrogens with zero attached hydrogens (tertiary/aromatic N) is 3. The molecular weight excluding hydrogens is 521 g/mol. The van der Waals surface area contributed by atoms with E-state index in [1.807, 2.05) is 43.3 Å². The molecule has 0 bridgehead atoms. The van der Waals surface area contributed by atoms with Crippen molar-refractivity contribution in [2.75, 3.05) is 31.6 Å². The zero-order valence-electron chi connectivity index (χ0n) is 17.8. The van der Waals surface area contributed by atoms with E-state index in [9.17, 15) is 4.79 Å². The summed E-state index contributed by atoms with van der Waals surface area (Å²) < 4.78 is 6.34. The van der Waals surface area contributed by atoms with Gasteiger partial charge in [-0.3, -0.25) is 9.69 Å². The zero-order chi connectivity index (χ0) is 21.8. The van der Waals surface area contributed by atoms with E-state index in [0.717, 1.165) is 38.8 Å². The zero-order valence-corrected chi connectivity index (χ0v) is 20.8. The third-order valence-electron chi connectivity index (χ3n) is 5.47. The first-order chi connectivity index (χ1) is 15.1. The number of ether oxygens (including phenoxy) is 1. The average Bonchev–Trinajstić information content (AvgIpc) is 3.08. The van der Waals surface area contributed by atoms with Gasteiger partial charge in [-0.2, -0.15) is 0 Å². The van der Waals surface area contributed by atoms with Crippen molar-refractivity contribution in [3.8, 4) is 5.75 Å². The van der Waals surface area contributed by atoms with Crippen LogP contribution in [0.25, 0.3) is 6.08 Å². The molecular formula is C24H26IN3O2S. The molecule has 0 N–H and O–H groups in total. The number of piperidine rings is 1. The van der Waals surface area contributed by atoms with Crippen LogP contribution in [-0.4, -0.2) is 42.7 Å². The lowest BCUT2D eigenvalue weighted by molar-refractivity contribution is -0.122. The number of amides is 1. The molecule has 2 aromatic carbocycles. The number of carbonyl (C=O) groups is 1. The predicted octanol–water partition coefficient (Wildman–Crippen LogP) is 5.91. The van der Waals surface area contributed by atoms with Crippen LogP contribution in [0, 0.1) is 3.57 Å². The van der Waals surface area contributed by atoms with Gasteiger partial charge in [-0.05, 0) is 109 Å². The summed E-state index contributed by atoms with van der Waals surface area (Å²) in [5.74, 6) is 0.834. The van der Waals surface area contributed by atoms with Gasteiger partial charge in [0.1, 0.15) is 5.75 Å². The molecule has 4 rings (SSSR count). The summed E-state index contributed by atoms with van der Waals surface area (Å²) in [6.07, 6.45) is 5.78. The maximum atomic E-state index is 12.9. The Labute approximate surface area is 201 Å². The molecule has 0 spiro atoms. The fourth-order valence-corrected chi connectivity index (χ4v) is 5.62. The predicted molar refractivity (Wildman–Crippen MR) is 138 cm³/mol. The molecule has 2 aromatic rings. The lowest BCUT2D eigenvalue weighted by Crippen LogP contribution is -2.29. The second kappa shape index (κ2) is 10.1. The minimum Gasteiger partial charge on any atom is -0.496 e. The topological polar surface area (TPSA) is 45.1 Å². The van der Waals surface area contributed by atoms with Crippen LogP contribution in [0.4, 0.5) is 11.4 Å². The molecule has 2 fully saturated rings. The van der Waals surface area contributed by atoms with Crippen LogP contribution in [0.5, 0.6) is 5.75 Å². The van der Waals surface area contributed by atoms with Crippen LogP contribution in [0.15, 0.2) is 52.4 Å². The Morgan fingerprint density at radius 2 is 1.87 bits per heavy atom. The van der Waals surface area contributed by atoms with Crippen LogP contribution >= 0.6 is 34.4 Å². The van der Waals surface area contributed by atoms with E-state index in [0.29, 0.717) is 11.4 Å². The second-order valence-electron chi connectivity index (χ2n) is 7.51.